The average Bonchev–Trinajstić information content (AvgIpc) is 2.51. The van der Waals surface area contributed by atoms with Crippen molar-refractivity contribution in [3.63, 3.8) is 0 Å². The van der Waals surface area contributed by atoms with Crippen molar-refractivity contribution in [2.75, 3.05) is 0 Å². The summed E-state index contributed by atoms with van der Waals surface area (Å²) in [5.41, 5.74) is 2.47. The molecule has 2 nitrogen and oxygen atoms in total. The van der Waals surface area contributed by atoms with E-state index in [4.69, 9.17) is 10.2 Å². The van der Waals surface area contributed by atoms with Crippen LogP contribution >= 0.6 is 0 Å². The minimum absolute atomic E-state index is 0.0178. The molecule has 2 aromatic rings. The first-order valence-corrected chi connectivity index (χ1v) is 8.69. The average molecular weight is 322 g/mol. The summed E-state index contributed by atoms with van der Waals surface area (Å²) in [6.07, 6.45) is 0. The van der Waals surface area contributed by atoms with E-state index in [9.17, 15) is 0 Å². The normalized spacial score (nSPS) is 15.4. The molecule has 0 aliphatic rings. The molecule has 0 aromatic heterocycles. The summed E-state index contributed by atoms with van der Waals surface area (Å²) in [7, 11) is 0. The van der Waals surface area contributed by atoms with Gasteiger partial charge in [-0.15, -0.1) is 0 Å². The Morgan fingerprint density at radius 2 is 0.833 bits per heavy atom. The first kappa shape index (κ1) is 18.4. The van der Waals surface area contributed by atoms with Gasteiger partial charge >= 0.3 is 0 Å². The summed E-state index contributed by atoms with van der Waals surface area (Å²) < 4.78 is 0. The third-order valence-corrected chi connectivity index (χ3v) is 4.17. The number of hydrogen-bond donors (Lipinski definition) is 0. The molecule has 0 fully saturated rings. The topological polar surface area (TPSA) is 24.7 Å². The lowest BCUT2D eigenvalue weighted by Gasteiger charge is -2.30. The van der Waals surface area contributed by atoms with Crippen molar-refractivity contribution in [2.45, 2.75) is 53.6 Å². The van der Waals surface area contributed by atoms with E-state index >= 15 is 0 Å². The molecular formula is C22H30N2. The maximum Gasteiger partial charge on any atom is 0.101 e. The zero-order chi connectivity index (χ0) is 17.8. The predicted octanol–water partition coefficient (Wildman–Crippen LogP) is 7.01. The largest absolute Gasteiger partial charge is 0.185 e. The van der Waals surface area contributed by atoms with E-state index in [0.717, 1.165) is 0 Å². The Labute approximate surface area is 147 Å². The van der Waals surface area contributed by atoms with E-state index in [1.807, 2.05) is 12.1 Å². The molecule has 0 amide bonds. The number of nitrogens with zero attached hydrogens (tertiary/aromatic N) is 2. The molecule has 128 valence electrons. The fraction of sp³-hybridized carbons (Fsp3) is 0.455. The highest BCUT2D eigenvalue weighted by Crippen LogP contribution is 2.40. The van der Waals surface area contributed by atoms with Crippen LogP contribution in [0.4, 0.5) is 0 Å². The zero-order valence-corrected chi connectivity index (χ0v) is 15.8. The minimum atomic E-state index is 0.0178. The van der Waals surface area contributed by atoms with E-state index in [1.165, 1.54) is 11.1 Å². The van der Waals surface area contributed by atoms with Crippen LogP contribution in [0.2, 0.25) is 0 Å². The van der Waals surface area contributed by atoms with Crippen molar-refractivity contribution in [1.82, 2.24) is 0 Å². The Balaban J connectivity index is 2.38. The summed E-state index contributed by atoms with van der Waals surface area (Å²) in [4.78, 5) is 0. The third kappa shape index (κ3) is 4.77. The summed E-state index contributed by atoms with van der Waals surface area (Å²) in [5.74, 6) is 0. The monoisotopic (exact) mass is 322 g/mol. The van der Waals surface area contributed by atoms with Gasteiger partial charge in [-0.1, -0.05) is 102 Å². The van der Waals surface area contributed by atoms with Gasteiger partial charge < -0.3 is 0 Å². The van der Waals surface area contributed by atoms with E-state index in [0.29, 0.717) is 0 Å². The molecule has 0 saturated heterocycles. The Morgan fingerprint density at radius 3 is 1.08 bits per heavy atom. The molecule has 2 atom stereocenters. The lowest BCUT2D eigenvalue weighted by atomic mass is 9.82. The first-order valence-electron chi connectivity index (χ1n) is 8.69. The summed E-state index contributed by atoms with van der Waals surface area (Å²) in [5, 5.41) is 9.67. The van der Waals surface area contributed by atoms with Crippen LogP contribution in [0.25, 0.3) is 0 Å². The summed E-state index contributed by atoms with van der Waals surface area (Å²) >= 11 is 0. The van der Waals surface area contributed by atoms with Crippen LogP contribution in [-0.2, 0) is 0 Å². The highest BCUT2D eigenvalue weighted by molar-refractivity contribution is 5.22. The van der Waals surface area contributed by atoms with Gasteiger partial charge in [0.15, 0.2) is 0 Å². The van der Waals surface area contributed by atoms with Crippen molar-refractivity contribution >= 4 is 0 Å². The van der Waals surface area contributed by atoms with Crippen LogP contribution in [-0.4, -0.2) is 0 Å². The van der Waals surface area contributed by atoms with Gasteiger partial charge in [0.05, 0.1) is 0 Å². The van der Waals surface area contributed by atoms with E-state index in [-0.39, 0.29) is 22.9 Å². The molecule has 0 saturated carbocycles. The Kier molecular flexibility index (Phi) is 5.58. The van der Waals surface area contributed by atoms with Crippen LogP contribution in [0.1, 0.15) is 64.8 Å². The fourth-order valence-electron chi connectivity index (χ4n) is 2.88. The molecule has 2 rings (SSSR count). The number of hydrogen-bond acceptors (Lipinski definition) is 2. The lowest BCUT2D eigenvalue weighted by Crippen LogP contribution is -2.19. The zero-order valence-electron chi connectivity index (χ0n) is 15.8. The SMILES string of the molecule is CC(C)(C)C(N=NC(c1ccccc1)C(C)(C)C)c1ccccc1. The molecule has 0 radical (unpaired) electrons. The maximum atomic E-state index is 4.83. The second kappa shape index (κ2) is 7.29. The summed E-state index contributed by atoms with van der Waals surface area (Å²) in [6, 6.07) is 21.0. The molecule has 24 heavy (non-hydrogen) atoms. The van der Waals surface area contributed by atoms with Crippen LogP contribution < -0.4 is 0 Å². The highest BCUT2D eigenvalue weighted by atomic mass is 15.2. The standard InChI is InChI=1S/C22H30N2/c1-21(2,3)19(17-13-9-7-10-14-17)23-24-20(22(4,5)6)18-15-11-8-12-16-18/h7-16,19-20H,1-6H3. The molecule has 0 aliphatic heterocycles. The van der Waals surface area contributed by atoms with Gasteiger partial charge in [0.1, 0.15) is 12.1 Å². The van der Waals surface area contributed by atoms with Crippen LogP contribution in [0.5, 0.6) is 0 Å². The van der Waals surface area contributed by atoms with Gasteiger partial charge in [-0.2, -0.15) is 10.2 Å². The fourth-order valence-corrected chi connectivity index (χ4v) is 2.88. The van der Waals surface area contributed by atoms with Gasteiger partial charge in [0, 0.05) is 0 Å². The Morgan fingerprint density at radius 1 is 0.542 bits per heavy atom. The summed E-state index contributed by atoms with van der Waals surface area (Å²) in [6.45, 7) is 13.3. The third-order valence-electron chi connectivity index (χ3n) is 4.17. The maximum absolute atomic E-state index is 4.83. The number of benzene rings is 2. The number of azo groups is 1. The second-order valence-electron chi connectivity index (χ2n) is 8.59. The van der Waals surface area contributed by atoms with Crippen molar-refractivity contribution in [1.29, 1.82) is 0 Å². The minimum Gasteiger partial charge on any atom is -0.185 e. The molecule has 0 bridgehead atoms. The van der Waals surface area contributed by atoms with Gasteiger partial charge in [-0.3, -0.25) is 0 Å². The van der Waals surface area contributed by atoms with Gasteiger partial charge in [-0.05, 0) is 22.0 Å². The predicted molar refractivity (Wildman–Crippen MR) is 102 cm³/mol. The Hall–Kier alpha value is -1.96. The van der Waals surface area contributed by atoms with Gasteiger partial charge in [0.2, 0.25) is 0 Å². The van der Waals surface area contributed by atoms with Crippen molar-refractivity contribution < 1.29 is 0 Å². The molecule has 0 N–H and O–H groups in total. The van der Waals surface area contributed by atoms with Gasteiger partial charge in [0.25, 0.3) is 0 Å². The van der Waals surface area contributed by atoms with Gasteiger partial charge in [-0.25, -0.2) is 0 Å². The number of rotatable bonds is 4. The van der Waals surface area contributed by atoms with Crippen LogP contribution in [0.15, 0.2) is 70.9 Å². The van der Waals surface area contributed by atoms with E-state index < -0.39 is 0 Å². The first-order chi connectivity index (χ1) is 11.2. The Bertz CT molecular complexity index is 586. The smallest absolute Gasteiger partial charge is 0.101 e. The molecule has 2 unspecified atom stereocenters. The molecule has 2 heteroatoms. The van der Waals surface area contributed by atoms with Crippen LogP contribution in [0.3, 0.4) is 0 Å². The van der Waals surface area contributed by atoms with E-state index in [2.05, 4.69) is 90.1 Å². The van der Waals surface area contributed by atoms with Crippen molar-refractivity contribution in [3.8, 4) is 0 Å². The van der Waals surface area contributed by atoms with E-state index in [1.54, 1.807) is 0 Å². The molecule has 0 spiro atoms. The quantitative estimate of drug-likeness (QED) is 0.541. The lowest BCUT2D eigenvalue weighted by molar-refractivity contribution is 0.281. The molecular weight excluding hydrogens is 292 g/mol. The van der Waals surface area contributed by atoms with Crippen molar-refractivity contribution in [3.05, 3.63) is 71.8 Å². The molecule has 0 aliphatic carbocycles. The molecule has 2 aromatic carbocycles. The van der Waals surface area contributed by atoms with Crippen molar-refractivity contribution in [2.24, 2.45) is 21.1 Å². The highest BCUT2D eigenvalue weighted by Gasteiger charge is 2.29. The second-order valence-corrected chi connectivity index (χ2v) is 8.59. The molecule has 0 heterocycles. The van der Waals surface area contributed by atoms with Crippen LogP contribution in [0, 0.1) is 10.8 Å².